The molecule has 1 atom stereocenters. The lowest BCUT2D eigenvalue weighted by atomic mass is 10.2. The highest BCUT2D eigenvalue weighted by molar-refractivity contribution is 8.26. The average Bonchev–Trinajstić information content (AvgIpc) is 3.09. The van der Waals surface area contributed by atoms with Crippen LogP contribution in [0.3, 0.4) is 0 Å². The van der Waals surface area contributed by atoms with Crippen molar-refractivity contribution in [1.29, 1.82) is 0 Å². The van der Waals surface area contributed by atoms with Gasteiger partial charge in [-0.1, -0.05) is 36.1 Å². The zero-order valence-electron chi connectivity index (χ0n) is 14.6. The van der Waals surface area contributed by atoms with Gasteiger partial charge in [0.2, 0.25) is 5.91 Å². The first-order chi connectivity index (χ1) is 13.2. The number of thiocarbonyl (C=S) groups is 1. The minimum Gasteiger partial charge on any atom is -0.349 e. The lowest BCUT2D eigenvalue weighted by Gasteiger charge is -2.15. The molecule has 1 aromatic carbocycles. The monoisotopic (exact) mass is 440 g/mol. The summed E-state index contributed by atoms with van der Waals surface area (Å²) in [5.41, 5.74) is 0.695. The lowest BCUT2D eigenvalue weighted by molar-refractivity contribution is -0.124. The number of hydrogen-bond acceptors (Lipinski definition) is 6. The Labute approximate surface area is 171 Å². The average molecular weight is 441 g/mol. The quantitative estimate of drug-likeness (QED) is 0.540. The lowest BCUT2D eigenvalue weighted by Crippen LogP contribution is -2.36. The number of hydrogen-bond donors (Lipinski definition) is 1. The Balaban J connectivity index is 1.50. The zero-order valence-corrected chi connectivity index (χ0v) is 17.1. The molecule has 0 spiro atoms. The van der Waals surface area contributed by atoms with Gasteiger partial charge in [-0.3, -0.25) is 14.5 Å². The van der Waals surface area contributed by atoms with Gasteiger partial charge in [0.15, 0.2) is 9.84 Å². The molecule has 0 aromatic heterocycles. The maximum atomic E-state index is 13.0. The van der Waals surface area contributed by atoms with E-state index in [-0.39, 0.29) is 36.4 Å². The second kappa shape index (κ2) is 8.54. The number of rotatable bonds is 6. The molecule has 148 valence electrons. The predicted octanol–water partition coefficient (Wildman–Crippen LogP) is 2.23. The topological polar surface area (TPSA) is 83.6 Å². The summed E-state index contributed by atoms with van der Waals surface area (Å²) >= 11 is 6.41. The first-order valence-electron chi connectivity index (χ1n) is 8.45. The maximum Gasteiger partial charge on any atom is 0.266 e. The second-order valence-corrected chi connectivity index (χ2v) is 9.93. The molecule has 0 radical (unpaired) electrons. The van der Waals surface area contributed by atoms with Crippen molar-refractivity contribution in [2.24, 2.45) is 0 Å². The third kappa shape index (κ3) is 5.27. The van der Waals surface area contributed by atoms with Crippen LogP contribution in [0.1, 0.15) is 18.4 Å². The summed E-state index contributed by atoms with van der Waals surface area (Å²) in [6.07, 6.45) is 3.65. The third-order valence-corrected chi connectivity index (χ3v) is 6.88. The van der Waals surface area contributed by atoms with Gasteiger partial charge in [-0.15, -0.1) is 0 Å². The van der Waals surface area contributed by atoms with Crippen molar-refractivity contribution in [1.82, 2.24) is 10.2 Å². The molecular weight excluding hydrogens is 423 g/mol. The van der Waals surface area contributed by atoms with Crippen LogP contribution in [0.25, 0.3) is 6.08 Å². The zero-order chi connectivity index (χ0) is 20.3. The molecule has 0 saturated carbocycles. The third-order valence-electron chi connectivity index (χ3n) is 4.10. The van der Waals surface area contributed by atoms with Crippen LogP contribution in [0.2, 0.25) is 0 Å². The van der Waals surface area contributed by atoms with Gasteiger partial charge < -0.3 is 5.32 Å². The summed E-state index contributed by atoms with van der Waals surface area (Å²) in [6.45, 7) is 0.289. The molecule has 3 rings (SSSR count). The molecule has 1 saturated heterocycles. The summed E-state index contributed by atoms with van der Waals surface area (Å²) in [5.74, 6) is -1.00. The minimum absolute atomic E-state index is 0.123. The van der Waals surface area contributed by atoms with E-state index >= 15 is 0 Å². The summed E-state index contributed by atoms with van der Waals surface area (Å²) in [5, 5.41) is 3.74. The van der Waals surface area contributed by atoms with Crippen LogP contribution < -0.4 is 5.32 Å². The van der Waals surface area contributed by atoms with Crippen molar-refractivity contribution in [3.63, 3.8) is 0 Å². The van der Waals surface area contributed by atoms with Crippen molar-refractivity contribution in [2.75, 3.05) is 12.3 Å². The summed E-state index contributed by atoms with van der Waals surface area (Å²) < 4.78 is 36.1. The Bertz CT molecular complexity index is 971. The standard InChI is InChI=1S/C18H17FN2O4S3/c19-13-5-3-12(4-6-13)10-15-17(23)21(18(26)27-15)8-1-2-16(22)20-14-7-9-28(24,25)11-14/h3-7,9-10,14H,1-2,8,11H2,(H,20,22)/b15-10-/t14-/m0/s1. The Hall–Kier alpha value is -2.04. The van der Waals surface area contributed by atoms with Gasteiger partial charge in [-0.2, -0.15) is 0 Å². The highest BCUT2D eigenvalue weighted by Crippen LogP contribution is 2.32. The van der Waals surface area contributed by atoms with Crippen LogP contribution >= 0.6 is 24.0 Å². The predicted molar refractivity (Wildman–Crippen MR) is 110 cm³/mol. The first kappa shape index (κ1) is 20.7. The number of benzene rings is 1. The summed E-state index contributed by atoms with van der Waals surface area (Å²) in [4.78, 5) is 26.3. The molecular formula is C18H17FN2O4S3. The van der Waals surface area contributed by atoms with E-state index in [0.717, 1.165) is 17.2 Å². The molecule has 28 heavy (non-hydrogen) atoms. The van der Waals surface area contributed by atoms with Crippen molar-refractivity contribution in [2.45, 2.75) is 18.9 Å². The fraction of sp³-hybridized carbons (Fsp3) is 0.278. The van der Waals surface area contributed by atoms with Crippen molar-refractivity contribution < 1.29 is 22.4 Å². The normalized spacial score (nSPS) is 22.2. The molecule has 0 bridgehead atoms. The van der Waals surface area contributed by atoms with E-state index in [1.165, 1.54) is 23.1 Å². The van der Waals surface area contributed by atoms with Gasteiger partial charge in [-0.25, -0.2) is 12.8 Å². The fourth-order valence-electron chi connectivity index (χ4n) is 2.75. The highest BCUT2D eigenvalue weighted by atomic mass is 32.2. The number of sulfone groups is 1. The molecule has 2 heterocycles. The van der Waals surface area contributed by atoms with Crippen molar-refractivity contribution in [3.8, 4) is 0 Å². The van der Waals surface area contributed by atoms with E-state index < -0.39 is 15.9 Å². The van der Waals surface area contributed by atoms with Crippen molar-refractivity contribution >= 4 is 56.0 Å². The Morgan fingerprint density at radius 3 is 2.71 bits per heavy atom. The van der Waals surface area contributed by atoms with E-state index in [4.69, 9.17) is 12.2 Å². The molecule has 2 amide bonds. The van der Waals surface area contributed by atoms with E-state index in [1.807, 2.05) is 0 Å². The molecule has 0 aliphatic carbocycles. The summed E-state index contributed by atoms with van der Waals surface area (Å²) in [7, 11) is -3.22. The molecule has 2 aliphatic rings. The van der Waals surface area contributed by atoms with Gasteiger partial charge in [0, 0.05) is 18.4 Å². The fourth-order valence-corrected chi connectivity index (χ4v) is 5.29. The van der Waals surface area contributed by atoms with Crippen LogP contribution in [-0.4, -0.2) is 47.8 Å². The van der Waals surface area contributed by atoms with Crippen LogP contribution in [0.4, 0.5) is 4.39 Å². The van der Waals surface area contributed by atoms with E-state index in [0.29, 0.717) is 21.2 Å². The van der Waals surface area contributed by atoms with E-state index in [9.17, 15) is 22.4 Å². The van der Waals surface area contributed by atoms with Crippen LogP contribution in [-0.2, 0) is 19.4 Å². The van der Waals surface area contributed by atoms with Crippen LogP contribution in [0.15, 0.2) is 40.7 Å². The Kier molecular flexibility index (Phi) is 6.31. The second-order valence-electron chi connectivity index (χ2n) is 6.32. The van der Waals surface area contributed by atoms with Gasteiger partial charge in [0.1, 0.15) is 10.1 Å². The molecule has 1 fully saturated rings. The van der Waals surface area contributed by atoms with Crippen LogP contribution in [0, 0.1) is 5.82 Å². The maximum absolute atomic E-state index is 13.0. The Morgan fingerprint density at radius 2 is 2.07 bits per heavy atom. The largest absolute Gasteiger partial charge is 0.349 e. The molecule has 1 aromatic rings. The molecule has 10 heteroatoms. The first-order valence-corrected chi connectivity index (χ1v) is 11.4. The molecule has 6 nitrogen and oxygen atoms in total. The van der Waals surface area contributed by atoms with Crippen LogP contribution in [0.5, 0.6) is 0 Å². The number of amides is 2. The highest BCUT2D eigenvalue weighted by Gasteiger charge is 2.31. The number of nitrogens with zero attached hydrogens (tertiary/aromatic N) is 1. The number of carbonyl (C=O) groups excluding carboxylic acids is 2. The molecule has 0 unspecified atom stereocenters. The number of carbonyl (C=O) groups is 2. The SMILES string of the molecule is O=C(CCCN1C(=O)/C(=C/c2ccc(F)cc2)SC1=S)N[C@H]1C=CS(=O)(=O)C1. The van der Waals surface area contributed by atoms with Gasteiger partial charge in [0.25, 0.3) is 5.91 Å². The Morgan fingerprint density at radius 1 is 1.36 bits per heavy atom. The van der Waals surface area contributed by atoms with Gasteiger partial charge in [0.05, 0.1) is 16.7 Å². The smallest absolute Gasteiger partial charge is 0.266 e. The molecule has 2 aliphatic heterocycles. The number of halogens is 1. The van der Waals surface area contributed by atoms with E-state index in [1.54, 1.807) is 18.2 Å². The number of thioether (sulfide) groups is 1. The summed E-state index contributed by atoms with van der Waals surface area (Å²) in [6, 6.07) is 5.27. The van der Waals surface area contributed by atoms with E-state index in [2.05, 4.69) is 5.32 Å². The van der Waals surface area contributed by atoms with Crippen molar-refractivity contribution in [3.05, 3.63) is 52.0 Å². The minimum atomic E-state index is -3.22. The number of nitrogens with one attached hydrogen (secondary N) is 1. The molecule has 1 N–H and O–H groups in total. The van der Waals surface area contributed by atoms with Gasteiger partial charge in [-0.05, 0) is 36.3 Å². The van der Waals surface area contributed by atoms with Gasteiger partial charge >= 0.3 is 0 Å².